The molecule has 1 aliphatic heterocycles. The molecular weight excluding hydrogens is 254 g/mol. The van der Waals surface area contributed by atoms with Gasteiger partial charge in [-0.3, -0.25) is 4.79 Å². The fourth-order valence-corrected chi connectivity index (χ4v) is 2.66. The van der Waals surface area contributed by atoms with Gasteiger partial charge < -0.3 is 15.2 Å². The molecular formula is C12H15NO4S. The highest BCUT2D eigenvalue weighted by Gasteiger charge is 2.35. The Morgan fingerprint density at radius 3 is 2.78 bits per heavy atom. The lowest BCUT2D eigenvalue weighted by Gasteiger charge is -2.16. The highest BCUT2D eigenvalue weighted by Crippen LogP contribution is 2.22. The SMILES string of the molecule is CC(NC(=O)C1CCC(C(=O)O)O1)c1cccs1. The number of aliphatic carboxylic acids is 1. The molecule has 0 spiro atoms. The second kappa shape index (κ2) is 5.49. The predicted octanol–water partition coefficient (Wildman–Crippen LogP) is 1.56. The molecule has 3 unspecified atom stereocenters. The van der Waals surface area contributed by atoms with E-state index in [0.29, 0.717) is 12.8 Å². The molecule has 2 rings (SSSR count). The van der Waals surface area contributed by atoms with Crippen LogP contribution >= 0.6 is 11.3 Å². The minimum atomic E-state index is -1.00. The lowest BCUT2D eigenvalue weighted by Crippen LogP contribution is -2.36. The number of amides is 1. The van der Waals surface area contributed by atoms with E-state index in [4.69, 9.17) is 9.84 Å². The Balaban J connectivity index is 1.87. The highest BCUT2D eigenvalue weighted by molar-refractivity contribution is 7.10. The summed E-state index contributed by atoms with van der Waals surface area (Å²) in [7, 11) is 0. The molecule has 3 atom stereocenters. The van der Waals surface area contributed by atoms with Gasteiger partial charge in [-0.1, -0.05) is 6.07 Å². The van der Waals surface area contributed by atoms with Crippen molar-refractivity contribution in [1.82, 2.24) is 5.32 Å². The van der Waals surface area contributed by atoms with Crippen molar-refractivity contribution in [1.29, 1.82) is 0 Å². The maximum Gasteiger partial charge on any atom is 0.332 e. The maximum absolute atomic E-state index is 11.9. The van der Waals surface area contributed by atoms with Gasteiger partial charge in [0.1, 0.15) is 6.10 Å². The Morgan fingerprint density at radius 2 is 2.22 bits per heavy atom. The Morgan fingerprint density at radius 1 is 1.50 bits per heavy atom. The van der Waals surface area contributed by atoms with Crippen LogP contribution in [0.4, 0.5) is 0 Å². The molecule has 0 radical (unpaired) electrons. The molecule has 1 amide bonds. The minimum Gasteiger partial charge on any atom is -0.479 e. The van der Waals surface area contributed by atoms with Crippen LogP contribution in [0.25, 0.3) is 0 Å². The molecule has 0 aromatic carbocycles. The number of carbonyl (C=O) groups excluding carboxylic acids is 1. The summed E-state index contributed by atoms with van der Waals surface area (Å²) < 4.78 is 5.19. The Bertz CT molecular complexity index is 431. The number of carboxylic acid groups (broad SMARTS) is 1. The van der Waals surface area contributed by atoms with Gasteiger partial charge in [-0.15, -0.1) is 11.3 Å². The van der Waals surface area contributed by atoms with E-state index in [-0.39, 0.29) is 11.9 Å². The number of thiophene rings is 1. The van der Waals surface area contributed by atoms with Crippen LogP contribution in [-0.4, -0.2) is 29.2 Å². The van der Waals surface area contributed by atoms with Crippen LogP contribution in [0.15, 0.2) is 17.5 Å². The van der Waals surface area contributed by atoms with E-state index < -0.39 is 18.2 Å². The molecule has 1 aliphatic rings. The van der Waals surface area contributed by atoms with E-state index >= 15 is 0 Å². The zero-order valence-corrected chi connectivity index (χ0v) is 10.8. The summed E-state index contributed by atoms with van der Waals surface area (Å²) in [6, 6.07) is 3.80. The molecule has 1 aromatic rings. The van der Waals surface area contributed by atoms with Crippen LogP contribution in [0.1, 0.15) is 30.7 Å². The molecule has 18 heavy (non-hydrogen) atoms. The van der Waals surface area contributed by atoms with E-state index in [2.05, 4.69) is 5.32 Å². The van der Waals surface area contributed by atoms with Crippen molar-refractivity contribution < 1.29 is 19.4 Å². The number of nitrogens with one attached hydrogen (secondary N) is 1. The van der Waals surface area contributed by atoms with Gasteiger partial charge in [-0.05, 0) is 31.2 Å². The summed E-state index contributed by atoms with van der Waals surface area (Å²) in [4.78, 5) is 23.7. The van der Waals surface area contributed by atoms with Crippen LogP contribution in [0, 0.1) is 0 Å². The molecule has 5 nitrogen and oxygen atoms in total. The van der Waals surface area contributed by atoms with Crippen molar-refractivity contribution in [2.45, 2.75) is 38.0 Å². The molecule has 2 heterocycles. The van der Waals surface area contributed by atoms with Crippen molar-refractivity contribution in [3.05, 3.63) is 22.4 Å². The van der Waals surface area contributed by atoms with E-state index in [1.165, 1.54) is 0 Å². The number of ether oxygens (including phenoxy) is 1. The number of hydrogen-bond acceptors (Lipinski definition) is 4. The fourth-order valence-electron chi connectivity index (χ4n) is 1.93. The maximum atomic E-state index is 11.9. The van der Waals surface area contributed by atoms with Crippen LogP contribution in [-0.2, 0) is 14.3 Å². The van der Waals surface area contributed by atoms with E-state index in [1.54, 1.807) is 11.3 Å². The van der Waals surface area contributed by atoms with Crippen LogP contribution < -0.4 is 5.32 Å². The first-order valence-electron chi connectivity index (χ1n) is 5.80. The van der Waals surface area contributed by atoms with Crippen LogP contribution in [0.5, 0.6) is 0 Å². The average Bonchev–Trinajstić information content (AvgIpc) is 3.00. The number of hydrogen-bond donors (Lipinski definition) is 2. The second-order valence-corrected chi connectivity index (χ2v) is 5.25. The first-order valence-corrected chi connectivity index (χ1v) is 6.68. The van der Waals surface area contributed by atoms with Gasteiger partial charge in [-0.25, -0.2) is 4.79 Å². The lowest BCUT2D eigenvalue weighted by molar-refractivity contribution is -0.151. The molecule has 0 aliphatic carbocycles. The normalized spacial score (nSPS) is 24.7. The summed E-state index contributed by atoms with van der Waals surface area (Å²) in [6.07, 6.45) is -0.646. The van der Waals surface area contributed by atoms with Gasteiger partial charge in [0, 0.05) is 4.88 Å². The summed E-state index contributed by atoms with van der Waals surface area (Å²) in [6.45, 7) is 1.90. The Kier molecular flexibility index (Phi) is 3.98. The van der Waals surface area contributed by atoms with Crippen molar-refractivity contribution in [3.8, 4) is 0 Å². The van der Waals surface area contributed by atoms with Crippen LogP contribution in [0.3, 0.4) is 0 Å². The zero-order valence-electron chi connectivity index (χ0n) is 9.96. The molecule has 1 fully saturated rings. The van der Waals surface area contributed by atoms with Crippen molar-refractivity contribution in [2.75, 3.05) is 0 Å². The van der Waals surface area contributed by atoms with Gasteiger partial charge in [-0.2, -0.15) is 0 Å². The van der Waals surface area contributed by atoms with Gasteiger partial charge in [0.2, 0.25) is 5.91 Å². The molecule has 1 saturated heterocycles. The number of carboxylic acids is 1. The molecule has 1 aromatic heterocycles. The average molecular weight is 269 g/mol. The number of carbonyl (C=O) groups is 2. The van der Waals surface area contributed by atoms with Gasteiger partial charge in [0.05, 0.1) is 6.04 Å². The fraction of sp³-hybridized carbons (Fsp3) is 0.500. The lowest BCUT2D eigenvalue weighted by atomic mass is 10.2. The smallest absolute Gasteiger partial charge is 0.332 e. The first kappa shape index (κ1) is 13.0. The Labute approximate surface area is 109 Å². The molecule has 2 N–H and O–H groups in total. The standard InChI is InChI=1S/C12H15NO4S/c1-7(10-3-2-6-18-10)13-11(14)8-4-5-9(17-8)12(15)16/h2-3,6-9H,4-5H2,1H3,(H,13,14)(H,15,16). The van der Waals surface area contributed by atoms with Crippen LogP contribution in [0.2, 0.25) is 0 Å². The molecule has 0 saturated carbocycles. The van der Waals surface area contributed by atoms with E-state index in [0.717, 1.165) is 4.88 Å². The zero-order chi connectivity index (χ0) is 13.1. The minimum absolute atomic E-state index is 0.0787. The third-order valence-corrected chi connectivity index (χ3v) is 3.97. The monoisotopic (exact) mass is 269 g/mol. The molecule has 6 heteroatoms. The summed E-state index contributed by atoms with van der Waals surface area (Å²) in [5.74, 6) is -1.24. The topological polar surface area (TPSA) is 75.6 Å². The Hall–Kier alpha value is -1.40. The first-order chi connectivity index (χ1) is 8.58. The molecule has 98 valence electrons. The third-order valence-electron chi connectivity index (χ3n) is 2.92. The van der Waals surface area contributed by atoms with E-state index in [1.807, 2.05) is 24.4 Å². The van der Waals surface area contributed by atoms with Crippen molar-refractivity contribution in [3.63, 3.8) is 0 Å². The molecule has 0 bridgehead atoms. The van der Waals surface area contributed by atoms with Gasteiger partial charge in [0.25, 0.3) is 0 Å². The predicted molar refractivity (Wildman–Crippen MR) is 66.4 cm³/mol. The van der Waals surface area contributed by atoms with Crippen molar-refractivity contribution in [2.24, 2.45) is 0 Å². The quantitative estimate of drug-likeness (QED) is 0.869. The number of rotatable bonds is 4. The summed E-state index contributed by atoms with van der Waals surface area (Å²) >= 11 is 1.57. The second-order valence-electron chi connectivity index (χ2n) is 4.27. The van der Waals surface area contributed by atoms with Crippen molar-refractivity contribution >= 4 is 23.2 Å². The summed E-state index contributed by atoms with van der Waals surface area (Å²) in [5.41, 5.74) is 0. The van der Waals surface area contributed by atoms with Gasteiger partial charge in [0.15, 0.2) is 6.10 Å². The largest absolute Gasteiger partial charge is 0.479 e. The summed E-state index contributed by atoms with van der Waals surface area (Å²) in [5, 5.41) is 13.6. The van der Waals surface area contributed by atoms with E-state index in [9.17, 15) is 9.59 Å². The highest BCUT2D eigenvalue weighted by atomic mass is 32.1. The third kappa shape index (κ3) is 2.88. The van der Waals surface area contributed by atoms with Gasteiger partial charge >= 0.3 is 5.97 Å².